The normalized spacial score (nSPS) is 24.9. The van der Waals surface area contributed by atoms with Crippen molar-refractivity contribution in [2.75, 3.05) is 0 Å². The Morgan fingerprint density at radius 1 is 1.28 bits per heavy atom. The van der Waals surface area contributed by atoms with E-state index in [1.807, 2.05) is 0 Å². The Bertz CT molecular complexity index is 557. The molecule has 5 nitrogen and oxygen atoms in total. The molecule has 0 saturated heterocycles. The van der Waals surface area contributed by atoms with Crippen molar-refractivity contribution in [2.45, 2.75) is 43.5 Å². The van der Waals surface area contributed by atoms with Gasteiger partial charge in [-0.1, -0.05) is 6.92 Å². The molecule has 0 radical (unpaired) electrons. The quantitative estimate of drug-likeness (QED) is 0.867. The summed E-state index contributed by atoms with van der Waals surface area (Å²) in [6.45, 7) is 2.17. The van der Waals surface area contributed by atoms with Crippen LogP contribution in [0.25, 0.3) is 0 Å². The minimum absolute atomic E-state index is 0.0502. The molecule has 0 spiro atoms. The van der Waals surface area contributed by atoms with Gasteiger partial charge >= 0.3 is 0 Å². The smallest absolute Gasteiger partial charge is 0.246 e. The molecular formula is C12H18N2O3S. The fourth-order valence-corrected chi connectivity index (χ4v) is 3.63. The summed E-state index contributed by atoms with van der Waals surface area (Å²) in [5, 5.41) is 0. The highest BCUT2D eigenvalue weighted by molar-refractivity contribution is 7.89. The van der Waals surface area contributed by atoms with Crippen molar-refractivity contribution >= 4 is 10.0 Å². The monoisotopic (exact) mass is 270 g/mol. The zero-order valence-corrected chi connectivity index (χ0v) is 11.2. The van der Waals surface area contributed by atoms with E-state index in [1.54, 1.807) is 0 Å². The molecule has 0 aromatic carbocycles. The van der Waals surface area contributed by atoms with E-state index in [1.165, 1.54) is 18.5 Å². The van der Waals surface area contributed by atoms with Gasteiger partial charge in [-0.15, -0.1) is 0 Å². The first-order valence-electron chi connectivity index (χ1n) is 6.18. The highest BCUT2D eigenvalue weighted by Crippen LogP contribution is 2.24. The zero-order chi connectivity index (χ0) is 13.2. The van der Waals surface area contributed by atoms with E-state index in [0.29, 0.717) is 5.92 Å². The second-order valence-electron chi connectivity index (χ2n) is 4.95. The van der Waals surface area contributed by atoms with Gasteiger partial charge in [0.05, 0.1) is 0 Å². The molecule has 100 valence electrons. The van der Waals surface area contributed by atoms with Crippen LogP contribution >= 0.6 is 0 Å². The Labute approximate surface area is 107 Å². The van der Waals surface area contributed by atoms with Crippen LogP contribution in [0.1, 0.15) is 32.6 Å². The Morgan fingerprint density at radius 3 is 2.56 bits per heavy atom. The second-order valence-corrected chi connectivity index (χ2v) is 6.63. The highest BCUT2D eigenvalue weighted by atomic mass is 32.2. The lowest BCUT2D eigenvalue weighted by Crippen LogP contribution is -2.39. The standard InChI is InChI=1S/C12H18N2O3S/c1-9-2-4-10(5-3-9)14-18(16,17)12-8-13-7-6-11(12)15/h6-10,14H,2-5H2,1H3,(H,13,15). The summed E-state index contributed by atoms with van der Waals surface area (Å²) in [6, 6.07) is 1.17. The van der Waals surface area contributed by atoms with Gasteiger partial charge in [0.2, 0.25) is 15.5 Å². The Morgan fingerprint density at radius 2 is 1.94 bits per heavy atom. The number of H-pyrrole nitrogens is 1. The SMILES string of the molecule is CC1CCC(NS(=O)(=O)c2c[nH]ccc2=O)CC1. The molecule has 1 heterocycles. The molecule has 1 fully saturated rings. The molecule has 0 aliphatic heterocycles. The van der Waals surface area contributed by atoms with Crippen molar-refractivity contribution in [2.24, 2.45) is 5.92 Å². The van der Waals surface area contributed by atoms with Crippen molar-refractivity contribution in [3.8, 4) is 0 Å². The molecule has 0 bridgehead atoms. The minimum atomic E-state index is -3.70. The zero-order valence-electron chi connectivity index (χ0n) is 10.3. The Hall–Kier alpha value is -1.14. The molecular weight excluding hydrogens is 252 g/mol. The lowest BCUT2D eigenvalue weighted by molar-refractivity contribution is 0.332. The lowest BCUT2D eigenvalue weighted by atomic mass is 9.88. The third-order valence-corrected chi connectivity index (χ3v) is 4.96. The summed E-state index contributed by atoms with van der Waals surface area (Å²) in [6.07, 6.45) is 6.38. The molecule has 2 rings (SSSR count). The number of nitrogens with one attached hydrogen (secondary N) is 2. The number of hydrogen-bond acceptors (Lipinski definition) is 3. The molecule has 18 heavy (non-hydrogen) atoms. The molecule has 0 unspecified atom stereocenters. The van der Waals surface area contributed by atoms with Gasteiger partial charge in [-0.3, -0.25) is 4.79 Å². The summed E-state index contributed by atoms with van der Waals surface area (Å²) in [4.78, 5) is 13.9. The van der Waals surface area contributed by atoms with Crippen LogP contribution < -0.4 is 10.2 Å². The summed E-state index contributed by atoms with van der Waals surface area (Å²) in [7, 11) is -3.70. The van der Waals surface area contributed by atoms with Crippen molar-refractivity contribution in [3.63, 3.8) is 0 Å². The van der Waals surface area contributed by atoms with Gasteiger partial charge in [0.15, 0.2) is 0 Å². The van der Waals surface area contributed by atoms with E-state index in [-0.39, 0.29) is 10.9 Å². The van der Waals surface area contributed by atoms with Crippen molar-refractivity contribution in [3.05, 3.63) is 28.7 Å². The number of rotatable bonds is 3. The topological polar surface area (TPSA) is 79.0 Å². The van der Waals surface area contributed by atoms with Crippen LogP contribution in [-0.4, -0.2) is 19.4 Å². The first kappa shape index (κ1) is 13.3. The van der Waals surface area contributed by atoms with Crippen LogP contribution in [0.3, 0.4) is 0 Å². The van der Waals surface area contributed by atoms with Crippen molar-refractivity contribution in [1.29, 1.82) is 0 Å². The van der Waals surface area contributed by atoms with Crippen LogP contribution in [0.2, 0.25) is 0 Å². The number of hydrogen-bond donors (Lipinski definition) is 2. The third-order valence-electron chi connectivity index (χ3n) is 3.42. The molecule has 1 aliphatic carbocycles. The number of aromatic nitrogens is 1. The predicted molar refractivity (Wildman–Crippen MR) is 68.8 cm³/mol. The Kier molecular flexibility index (Phi) is 3.87. The van der Waals surface area contributed by atoms with Crippen LogP contribution in [0, 0.1) is 5.92 Å². The van der Waals surface area contributed by atoms with E-state index in [9.17, 15) is 13.2 Å². The van der Waals surface area contributed by atoms with Crippen LogP contribution in [-0.2, 0) is 10.0 Å². The predicted octanol–water partition coefficient (Wildman–Crippen LogP) is 1.23. The van der Waals surface area contributed by atoms with Gasteiger partial charge in [-0.2, -0.15) is 0 Å². The molecule has 1 aromatic heterocycles. The van der Waals surface area contributed by atoms with Crippen molar-refractivity contribution < 1.29 is 8.42 Å². The van der Waals surface area contributed by atoms with E-state index >= 15 is 0 Å². The molecule has 0 atom stereocenters. The summed E-state index contributed by atoms with van der Waals surface area (Å²) in [5.74, 6) is 0.658. The number of pyridine rings is 1. The summed E-state index contributed by atoms with van der Waals surface area (Å²) in [5.41, 5.74) is -0.481. The van der Waals surface area contributed by atoms with E-state index in [4.69, 9.17) is 0 Å². The maximum Gasteiger partial charge on any atom is 0.246 e. The average molecular weight is 270 g/mol. The number of sulfonamides is 1. The van der Waals surface area contributed by atoms with Gasteiger partial charge in [0.1, 0.15) is 4.90 Å². The van der Waals surface area contributed by atoms with Gasteiger partial charge < -0.3 is 4.98 Å². The maximum atomic E-state index is 12.1. The summed E-state index contributed by atoms with van der Waals surface area (Å²) >= 11 is 0. The van der Waals surface area contributed by atoms with Gasteiger partial charge in [-0.05, 0) is 31.6 Å². The maximum absolute atomic E-state index is 12.1. The van der Waals surface area contributed by atoms with Crippen molar-refractivity contribution in [1.82, 2.24) is 9.71 Å². The minimum Gasteiger partial charge on any atom is -0.366 e. The van der Waals surface area contributed by atoms with Crippen LogP contribution in [0.5, 0.6) is 0 Å². The van der Waals surface area contributed by atoms with Gasteiger partial charge in [-0.25, -0.2) is 13.1 Å². The highest BCUT2D eigenvalue weighted by Gasteiger charge is 2.25. The first-order valence-corrected chi connectivity index (χ1v) is 7.67. The lowest BCUT2D eigenvalue weighted by Gasteiger charge is -2.26. The molecule has 1 saturated carbocycles. The van der Waals surface area contributed by atoms with Gasteiger partial charge in [0, 0.05) is 24.5 Å². The fraction of sp³-hybridized carbons (Fsp3) is 0.583. The van der Waals surface area contributed by atoms with Gasteiger partial charge in [0.25, 0.3) is 0 Å². The molecule has 0 amide bonds. The Balaban J connectivity index is 2.13. The van der Waals surface area contributed by atoms with E-state index in [2.05, 4.69) is 16.6 Å². The largest absolute Gasteiger partial charge is 0.366 e. The average Bonchev–Trinajstić information content (AvgIpc) is 2.32. The third kappa shape index (κ3) is 3.00. The fourth-order valence-electron chi connectivity index (χ4n) is 2.27. The molecule has 6 heteroatoms. The number of aromatic amines is 1. The first-order chi connectivity index (χ1) is 8.49. The molecule has 1 aromatic rings. The molecule has 1 aliphatic rings. The van der Waals surface area contributed by atoms with Crippen LogP contribution in [0.4, 0.5) is 0 Å². The second kappa shape index (κ2) is 5.24. The molecule has 2 N–H and O–H groups in total. The van der Waals surface area contributed by atoms with E-state index < -0.39 is 15.5 Å². The van der Waals surface area contributed by atoms with E-state index in [0.717, 1.165) is 25.7 Å². The van der Waals surface area contributed by atoms with Crippen LogP contribution in [0.15, 0.2) is 28.2 Å². The summed E-state index contributed by atoms with van der Waals surface area (Å²) < 4.78 is 26.8.